The van der Waals surface area contributed by atoms with Gasteiger partial charge in [0.1, 0.15) is 0 Å². The molecule has 0 radical (unpaired) electrons. The third-order valence-corrected chi connectivity index (χ3v) is 3.17. The van der Waals surface area contributed by atoms with Gasteiger partial charge in [-0.1, -0.05) is 18.2 Å². The highest BCUT2D eigenvalue weighted by molar-refractivity contribution is 6.45. The molecule has 0 saturated carbocycles. The van der Waals surface area contributed by atoms with Crippen LogP contribution in [0.2, 0.25) is 0 Å². The first-order valence-corrected chi connectivity index (χ1v) is 6.55. The van der Waals surface area contributed by atoms with Crippen molar-refractivity contribution in [2.24, 2.45) is 0 Å². The van der Waals surface area contributed by atoms with Crippen LogP contribution < -0.4 is 5.32 Å². The number of rotatable bonds is 5. The Balaban J connectivity index is 2.19. The summed E-state index contributed by atoms with van der Waals surface area (Å²) in [6.45, 7) is 2.96. The van der Waals surface area contributed by atoms with Gasteiger partial charge in [0.15, 0.2) is 0 Å². The van der Waals surface area contributed by atoms with Gasteiger partial charge in [0.25, 0.3) is 11.7 Å². The average Bonchev–Trinajstić information content (AvgIpc) is 2.73. The highest BCUT2D eigenvalue weighted by atomic mass is 16.2. The van der Waals surface area contributed by atoms with Crippen LogP contribution in [0.3, 0.4) is 0 Å². The molecule has 0 bridgehead atoms. The number of benzene rings is 1. The van der Waals surface area contributed by atoms with Crippen molar-refractivity contribution in [3.63, 3.8) is 0 Å². The molecule has 1 amide bonds. The SMILES string of the molecule is Cc1[nH]c2ccccc2c1C(=O)C(=O)NCCN(C)C. The number of aromatic amines is 1. The number of aryl methyl sites for hydroxylation is 1. The van der Waals surface area contributed by atoms with Crippen LogP contribution in [0.1, 0.15) is 16.1 Å². The van der Waals surface area contributed by atoms with E-state index in [9.17, 15) is 9.59 Å². The lowest BCUT2D eigenvalue weighted by Gasteiger charge is -2.09. The summed E-state index contributed by atoms with van der Waals surface area (Å²) in [5.74, 6) is -1.04. The zero-order chi connectivity index (χ0) is 14.7. The van der Waals surface area contributed by atoms with Crippen LogP contribution in [0.4, 0.5) is 0 Å². The predicted molar refractivity (Wildman–Crippen MR) is 78.9 cm³/mol. The maximum absolute atomic E-state index is 12.3. The van der Waals surface area contributed by atoms with E-state index >= 15 is 0 Å². The van der Waals surface area contributed by atoms with Crippen LogP contribution in [0.5, 0.6) is 0 Å². The number of nitrogens with one attached hydrogen (secondary N) is 2. The van der Waals surface area contributed by atoms with E-state index in [0.29, 0.717) is 18.7 Å². The van der Waals surface area contributed by atoms with Crippen molar-refractivity contribution in [1.29, 1.82) is 0 Å². The fourth-order valence-electron chi connectivity index (χ4n) is 2.16. The molecule has 106 valence electrons. The van der Waals surface area contributed by atoms with Gasteiger partial charge in [-0.25, -0.2) is 0 Å². The maximum atomic E-state index is 12.3. The summed E-state index contributed by atoms with van der Waals surface area (Å²) in [6, 6.07) is 7.49. The maximum Gasteiger partial charge on any atom is 0.292 e. The molecule has 0 aliphatic carbocycles. The van der Waals surface area contributed by atoms with Crippen molar-refractivity contribution < 1.29 is 9.59 Å². The Morgan fingerprint density at radius 3 is 2.65 bits per heavy atom. The van der Waals surface area contributed by atoms with E-state index in [1.807, 2.05) is 43.3 Å². The van der Waals surface area contributed by atoms with Gasteiger partial charge < -0.3 is 15.2 Å². The summed E-state index contributed by atoms with van der Waals surface area (Å²) in [7, 11) is 3.83. The summed E-state index contributed by atoms with van der Waals surface area (Å²) in [5.41, 5.74) is 2.05. The number of likely N-dealkylation sites (N-methyl/N-ethyl adjacent to an activating group) is 1. The monoisotopic (exact) mass is 273 g/mol. The van der Waals surface area contributed by atoms with Crippen LogP contribution in [0, 0.1) is 6.92 Å². The number of Topliss-reactive ketones (excluding diaryl/α,β-unsaturated/α-hetero) is 1. The topological polar surface area (TPSA) is 65.2 Å². The molecule has 5 heteroatoms. The molecule has 1 aromatic carbocycles. The number of ketones is 1. The fraction of sp³-hybridized carbons (Fsp3) is 0.333. The average molecular weight is 273 g/mol. The van der Waals surface area contributed by atoms with Gasteiger partial charge in [-0.05, 0) is 27.1 Å². The first-order chi connectivity index (χ1) is 9.50. The molecule has 0 fully saturated rings. The first-order valence-electron chi connectivity index (χ1n) is 6.55. The molecule has 2 rings (SSSR count). The summed E-state index contributed by atoms with van der Waals surface area (Å²) >= 11 is 0. The molecule has 20 heavy (non-hydrogen) atoms. The molecule has 0 aliphatic heterocycles. The Hall–Kier alpha value is -2.14. The molecule has 1 aromatic heterocycles. The van der Waals surface area contributed by atoms with Crippen LogP contribution in [0.15, 0.2) is 24.3 Å². The molecule has 0 atom stereocenters. The molecule has 0 aliphatic rings. The van der Waals surface area contributed by atoms with E-state index in [0.717, 1.165) is 16.6 Å². The van der Waals surface area contributed by atoms with E-state index < -0.39 is 11.7 Å². The van der Waals surface area contributed by atoms with E-state index in [2.05, 4.69) is 10.3 Å². The molecule has 2 aromatic rings. The quantitative estimate of drug-likeness (QED) is 0.638. The van der Waals surface area contributed by atoms with E-state index in [4.69, 9.17) is 0 Å². The van der Waals surface area contributed by atoms with Gasteiger partial charge in [-0.3, -0.25) is 9.59 Å². The number of carbonyl (C=O) groups is 2. The lowest BCUT2D eigenvalue weighted by Crippen LogP contribution is -2.36. The minimum absolute atomic E-state index is 0.457. The van der Waals surface area contributed by atoms with Crippen molar-refractivity contribution in [3.05, 3.63) is 35.5 Å². The normalized spacial score (nSPS) is 11.0. The van der Waals surface area contributed by atoms with Crippen molar-refractivity contribution in [2.45, 2.75) is 6.92 Å². The lowest BCUT2D eigenvalue weighted by atomic mass is 10.1. The fourth-order valence-corrected chi connectivity index (χ4v) is 2.16. The molecule has 0 unspecified atom stereocenters. The largest absolute Gasteiger partial charge is 0.358 e. The zero-order valence-corrected chi connectivity index (χ0v) is 12.0. The van der Waals surface area contributed by atoms with Gasteiger partial charge >= 0.3 is 0 Å². The number of nitrogens with zero attached hydrogens (tertiary/aromatic N) is 1. The molecule has 0 saturated heterocycles. The van der Waals surface area contributed by atoms with E-state index in [1.165, 1.54) is 0 Å². The second kappa shape index (κ2) is 5.88. The minimum Gasteiger partial charge on any atom is -0.358 e. The second-order valence-corrected chi connectivity index (χ2v) is 5.06. The smallest absolute Gasteiger partial charge is 0.292 e. The standard InChI is InChI=1S/C15H19N3O2/c1-10-13(11-6-4-5-7-12(11)17-10)14(19)15(20)16-8-9-18(2)3/h4-7,17H,8-9H2,1-3H3,(H,16,20). The Labute approximate surface area is 118 Å². The van der Waals surface area contributed by atoms with E-state index in [-0.39, 0.29) is 0 Å². The number of hydrogen-bond donors (Lipinski definition) is 2. The highest BCUT2D eigenvalue weighted by Crippen LogP contribution is 2.22. The predicted octanol–water partition coefficient (Wildman–Crippen LogP) is 1.34. The van der Waals surface area contributed by atoms with Gasteiger partial charge in [0.2, 0.25) is 0 Å². The number of carbonyl (C=O) groups excluding carboxylic acids is 2. The summed E-state index contributed by atoms with van der Waals surface area (Å²) in [5, 5.41) is 3.44. The van der Waals surface area contributed by atoms with Crippen molar-refractivity contribution in [2.75, 3.05) is 27.2 Å². The van der Waals surface area contributed by atoms with Gasteiger partial charge in [-0.2, -0.15) is 0 Å². The number of amides is 1. The summed E-state index contributed by atoms with van der Waals surface area (Å²) < 4.78 is 0. The van der Waals surface area contributed by atoms with Crippen molar-refractivity contribution in [3.8, 4) is 0 Å². The molecule has 2 N–H and O–H groups in total. The number of hydrogen-bond acceptors (Lipinski definition) is 3. The number of H-pyrrole nitrogens is 1. The number of aromatic nitrogens is 1. The van der Waals surface area contributed by atoms with Gasteiger partial charge in [0.05, 0.1) is 5.56 Å². The Morgan fingerprint density at radius 2 is 1.95 bits per heavy atom. The summed E-state index contributed by atoms with van der Waals surface area (Å²) in [6.07, 6.45) is 0. The zero-order valence-electron chi connectivity index (χ0n) is 12.0. The third-order valence-electron chi connectivity index (χ3n) is 3.17. The van der Waals surface area contributed by atoms with Crippen molar-refractivity contribution in [1.82, 2.24) is 15.2 Å². The highest BCUT2D eigenvalue weighted by Gasteiger charge is 2.22. The van der Waals surface area contributed by atoms with Crippen LogP contribution >= 0.6 is 0 Å². The van der Waals surface area contributed by atoms with Crippen LogP contribution in [-0.4, -0.2) is 48.8 Å². The summed E-state index contributed by atoms with van der Waals surface area (Å²) in [4.78, 5) is 29.3. The van der Waals surface area contributed by atoms with Gasteiger partial charge in [0, 0.05) is 29.7 Å². The second-order valence-electron chi connectivity index (χ2n) is 5.06. The molecular weight excluding hydrogens is 254 g/mol. The Morgan fingerprint density at radius 1 is 1.25 bits per heavy atom. The first kappa shape index (κ1) is 14.3. The van der Waals surface area contributed by atoms with Crippen molar-refractivity contribution >= 4 is 22.6 Å². The molecule has 0 spiro atoms. The van der Waals surface area contributed by atoms with Gasteiger partial charge in [-0.15, -0.1) is 0 Å². The molecule has 1 heterocycles. The Bertz CT molecular complexity index is 644. The number of fused-ring (bicyclic) bond motifs is 1. The molecule has 5 nitrogen and oxygen atoms in total. The molecular formula is C15H19N3O2. The Kier molecular flexibility index (Phi) is 4.20. The third kappa shape index (κ3) is 2.88. The van der Waals surface area contributed by atoms with Crippen LogP contribution in [0.25, 0.3) is 10.9 Å². The lowest BCUT2D eigenvalue weighted by molar-refractivity contribution is -0.117. The van der Waals surface area contributed by atoms with E-state index in [1.54, 1.807) is 6.92 Å². The number of para-hydroxylation sites is 1. The van der Waals surface area contributed by atoms with Crippen LogP contribution in [-0.2, 0) is 4.79 Å². The minimum atomic E-state index is -0.556.